The standard InChI is InChI=1S/C46H53N3O6S.C45H51N3O6S/c1-6-7-8-9-13-26-55-37-22-20-32(21-23-37)36-29-47-43(48-30-36)34-18-16-31(17-19-34)27-35(28-38(50)39-24-25-40(56-39)46(2,3)4)44(52)49-41(45(53)54-5)42(51)33-14-11-10-12-15-33;1-5-6-7-8-12-25-54-36-21-19-31(20-22-36)35-28-46-42(47-29-35)33-17-15-30(16-18-33)26-34(27-37(49)38-23-24-39(55-38)45(2,3)4)43(51)48-40(44(52)53)41(50)32-13-10-9-11-14-32/h10-12,14-25,29-30,35,41-42,51H,6-9,13,26-28H2,1-5H3,(H,49,52);9-11,13-24,28-29,34,40-41,50H,5-8,12,25-27H2,1-4H3,(H,48,51)(H,52,53)/t35-,41?,42?;34-,40-,41-/m11/s1. The minimum atomic E-state index is -1.61. The maximum absolute atomic E-state index is 14.0. The van der Waals surface area contributed by atoms with Gasteiger partial charge in [-0.05, 0) is 118 Å². The molecule has 0 radical (unpaired) electrons. The molecule has 582 valence electrons. The molecule has 111 heavy (non-hydrogen) atoms. The predicted molar refractivity (Wildman–Crippen MR) is 439 cm³/mol. The Balaban J connectivity index is 0.000000255. The number of carbonyl (C=O) groups is 6. The second-order valence-electron chi connectivity index (χ2n) is 30.0. The summed E-state index contributed by atoms with van der Waals surface area (Å²) in [5, 5.41) is 37.3. The zero-order valence-electron chi connectivity index (χ0n) is 65.0. The van der Waals surface area contributed by atoms with E-state index < -0.39 is 59.9 Å². The summed E-state index contributed by atoms with van der Waals surface area (Å²) in [5.74, 6) is -2.70. The van der Waals surface area contributed by atoms with E-state index in [-0.39, 0.29) is 48.1 Å². The van der Waals surface area contributed by atoms with Crippen molar-refractivity contribution >= 4 is 58.0 Å². The molecule has 0 bridgehead atoms. The molecule has 20 heteroatoms. The first kappa shape index (κ1) is 84.6. The van der Waals surface area contributed by atoms with Crippen LogP contribution in [-0.2, 0) is 47.6 Å². The Morgan fingerprint density at radius 1 is 0.423 bits per heavy atom. The Labute approximate surface area is 660 Å². The monoisotopic (exact) mass is 1540 g/mol. The highest BCUT2D eigenvalue weighted by Crippen LogP contribution is 2.35. The summed E-state index contributed by atoms with van der Waals surface area (Å²) in [4.78, 5) is 102. The first-order chi connectivity index (χ1) is 53.4. The summed E-state index contributed by atoms with van der Waals surface area (Å²) >= 11 is 2.82. The second kappa shape index (κ2) is 41.6. The normalized spacial score (nSPS) is 13.1. The van der Waals surface area contributed by atoms with Gasteiger partial charge < -0.3 is 40.2 Å². The van der Waals surface area contributed by atoms with Crippen molar-refractivity contribution in [2.75, 3.05) is 20.3 Å². The number of hydrogen-bond donors (Lipinski definition) is 5. The number of methoxy groups -OCH3 is 1. The molecule has 0 fully saturated rings. The SMILES string of the molecule is CCCCCCCOc1ccc(-c2cnc(-c3ccc(C[C@H](CC(=O)c4ccc(C(C)(C)C)s4)C(=O)NC(C(=O)OC)C(O)c4ccccc4)cc3)nc2)cc1.CCCCCCCOc1ccc(-c2cnc(-c3ccc(C[C@H](CC(=O)c4ccc(C(C)(C)C)s4)C(=O)N[C@@H](C(=O)O)[C@H](O)c4ccccc4)cc3)nc2)cc1. The number of hydrogen-bond acceptors (Lipinski definition) is 17. The zero-order valence-corrected chi connectivity index (χ0v) is 66.7. The van der Waals surface area contributed by atoms with Crippen LogP contribution in [0.25, 0.3) is 45.0 Å². The van der Waals surface area contributed by atoms with E-state index in [0.717, 1.165) is 78.6 Å². The van der Waals surface area contributed by atoms with E-state index in [1.54, 1.807) is 97.6 Å². The van der Waals surface area contributed by atoms with Crippen LogP contribution in [0.15, 0.2) is 207 Å². The molecule has 2 amide bonds. The van der Waals surface area contributed by atoms with Gasteiger partial charge in [-0.2, -0.15) is 0 Å². The first-order valence-electron chi connectivity index (χ1n) is 38.3. The van der Waals surface area contributed by atoms with Gasteiger partial charge in [0.15, 0.2) is 35.3 Å². The Morgan fingerprint density at radius 3 is 1.12 bits per heavy atom. The van der Waals surface area contributed by atoms with Crippen LogP contribution in [0.5, 0.6) is 11.5 Å². The average Bonchev–Trinajstić information content (AvgIpc) is 1.75. The molecule has 10 aromatic rings. The van der Waals surface area contributed by atoms with E-state index in [4.69, 9.17) is 14.2 Å². The number of unbranched alkanes of at least 4 members (excludes halogenated alkanes) is 8. The van der Waals surface area contributed by atoms with E-state index >= 15 is 0 Å². The molecular formula is C91H104N6O12S2. The number of carboxylic acids is 1. The summed E-state index contributed by atoms with van der Waals surface area (Å²) in [6, 6.07) is 52.3. The van der Waals surface area contributed by atoms with Crippen molar-refractivity contribution in [3.63, 3.8) is 0 Å². The van der Waals surface area contributed by atoms with E-state index in [2.05, 4.69) is 86.0 Å². The zero-order chi connectivity index (χ0) is 79.5. The van der Waals surface area contributed by atoms with Gasteiger partial charge in [-0.15, -0.1) is 22.7 Å². The lowest BCUT2D eigenvalue weighted by Crippen LogP contribution is -2.48. The molecule has 6 atom stereocenters. The lowest BCUT2D eigenvalue weighted by atomic mass is 9.91. The number of aliphatic hydroxyl groups excluding tert-OH is 2. The molecule has 0 saturated carbocycles. The molecule has 0 aliphatic rings. The Hall–Kier alpha value is -10.4. The van der Waals surface area contributed by atoms with Crippen LogP contribution >= 0.6 is 22.7 Å². The maximum Gasteiger partial charge on any atom is 0.331 e. The van der Waals surface area contributed by atoms with Gasteiger partial charge in [0.25, 0.3) is 0 Å². The topological polar surface area (TPSA) is 266 Å². The number of nitrogens with zero attached hydrogens (tertiary/aromatic N) is 4. The summed E-state index contributed by atoms with van der Waals surface area (Å²) < 4.78 is 16.8. The van der Waals surface area contributed by atoms with E-state index in [1.165, 1.54) is 81.1 Å². The number of thiophene rings is 2. The van der Waals surface area contributed by atoms with Crippen molar-refractivity contribution in [1.29, 1.82) is 0 Å². The van der Waals surface area contributed by atoms with Gasteiger partial charge >= 0.3 is 11.9 Å². The number of carboxylic acid groups (broad SMARTS) is 1. The number of esters is 1. The Bertz CT molecular complexity index is 4580. The van der Waals surface area contributed by atoms with Crippen LogP contribution in [0.2, 0.25) is 0 Å². The number of amides is 2. The minimum absolute atomic E-state index is 0.0935. The highest BCUT2D eigenvalue weighted by molar-refractivity contribution is 7.14. The van der Waals surface area contributed by atoms with E-state index in [1.807, 2.05) is 109 Å². The van der Waals surface area contributed by atoms with Gasteiger partial charge in [-0.25, -0.2) is 29.5 Å². The first-order valence-corrected chi connectivity index (χ1v) is 40.0. The van der Waals surface area contributed by atoms with Crippen LogP contribution in [0.4, 0.5) is 0 Å². The summed E-state index contributed by atoms with van der Waals surface area (Å²) in [6.07, 6.45) is 16.4. The van der Waals surface area contributed by atoms with Crippen LogP contribution in [0, 0.1) is 11.8 Å². The smallest absolute Gasteiger partial charge is 0.331 e. The molecule has 0 aliphatic heterocycles. The number of aromatic nitrogens is 4. The van der Waals surface area contributed by atoms with Gasteiger partial charge in [0.2, 0.25) is 11.8 Å². The van der Waals surface area contributed by atoms with E-state index in [9.17, 15) is 44.1 Å². The van der Waals surface area contributed by atoms with Gasteiger partial charge in [0, 0.05) is 81.5 Å². The number of aliphatic hydroxyl groups is 2. The number of Topliss-reactive ketones (excluding diaryl/α,β-unsaturated/α-hetero) is 2. The van der Waals surface area contributed by atoms with Crippen LogP contribution in [-0.4, -0.2) is 103 Å². The van der Waals surface area contributed by atoms with Gasteiger partial charge in [0.1, 0.15) is 23.7 Å². The molecule has 5 N–H and O–H groups in total. The fourth-order valence-electron chi connectivity index (χ4n) is 12.5. The predicted octanol–water partition coefficient (Wildman–Crippen LogP) is 18.6. The number of aliphatic carboxylic acids is 1. The van der Waals surface area contributed by atoms with Crippen LogP contribution in [0.1, 0.15) is 196 Å². The number of nitrogens with one attached hydrogen (secondary N) is 2. The third kappa shape index (κ3) is 25.3. The Morgan fingerprint density at radius 2 is 0.775 bits per heavy atom. The molecule has 18 nitrogen and oxygen atoms in total. The van der Waals surface area contributed by atoms with Gasteiger partial charge in [-0.1, -0.05) is 240 Å². The molecule has 4 heterocycles. The minimum Gasteiger partial charge on any atom is -0.494 e. The summed E-state index contributed by atoms with van der Waals surface area (Å²) in [7, 11) is 1.20. The van der Waals surface area contributed by atoms with Crippen LogP contribution in [0.3, 0.4) is 0 Å². The lowest BCUT2D eigenvalue weighted by molar-refractivity contribution is -0.149. The number of ketones is 2. The van der Waals surface area contributed by atoms with Crippen molar-refractivity contribution < 1.29 is 58.3 Å². The third-order valence-corrected chi connectivity index (χ3v) is 22.3. The maximum atomic E-state index is 14.0. The van der Waals surface area contributed by atoms with Crippen molar-refractivity contribution in [3.8, 4) is 56.5 Å². The molecule has 10 rings (SSSR count). The molecule has 4 aromatic heterocycles. The number of ether oxygens (including phenoxy) is 3. The van der Waals surface area contributed by atoms with Crippen molar-refractivity contribution in [3.05, 3.63) is 249 Å². The highest BCUT2D eigenvalue weighted by Gasteiger charge is 2.36. The molecule has 6 aromatic carbocycles. The lowest BCUT2D eigenvalue weighted by Gasteiger charge is -2.25. The number of carbonyl (C=O) groups excluding carboxylic acids is 5. The van der Waals surface area contributed by atoms with Gasteiger partial charge in [-0.3, -0.25) is 19.2 Å². The third-order valence-electron chi connectivity index (χ3n) is 19.2. The highest BCUT2D eigenvalue weighted by atomic mass is 32.1. The molecule has 0 aliphatic carbocycles. The second-order valence-corrected chi connectivity index (χ2v) is 32.2. The van der Waals surface area contributed by atoms with Gasteiger partial charge in [0.05, 0.1) is 30.1 Å². The fourth-order valence-corrected chi connectivity index (χ4v) is 14.5. The van der Waals surface area contributed by atoms with Crippen molar-refractivity contribution in [2.24, 2.45) is 11.8 Å². The molecule has 2 unspecified atom stereocenters. The largest absolute Gasteiger partial charge is 0.494 e. The van der Waals surface area contributed by atoms with E-state index in [0.29, 0.717) is 45.7 Å². The molecule has 0 saturated heterocycles. The van der Waals surface area contributed by atoms with Crippen LogP contribution < -0.4 is 20.1 Å². The quantitative estimate of drug-likeness (QED) is 0.0137. The average molecular weight is 1540 g/mol. The molecule has 0 spiro atoms. The summed E-state index contributed by atoms with van der Waals surface area (Å²) in [5.41, 5.74) is 7.43. The summed E-state index contributed by atoms with van der Waals surface area (Å²) in [6.45, 7) is 18.3. The Kier molecular flexibility index (Phi) is 31.7. The fraction of sp³-hybridized carbons (Fsp3) is 0.363. The van der Waals surface area contributed by atoms with Crippen molar-refractivity contribution in [1.82, 2.24) is 30.6 Å². The molecular weight excluding hydrogens is 1430 g/mol. The van der Waals surface area contributed by atoms with Crippen molar-refractivity contribution in [2.45, 2.75) is 180 Å². The number of benzene rings is 6. The number of rotatable bonds is 38.